The number of rotatable bonds is 5. The maximum Gasteiger partial charge on any atom is 0.287 e. The van der Waals surface area contributed by atoms with E-state index in [1.165, 1.54) is 6.21 Å². The van der Waals surface area contributed by atoms with Gasteiger partial charge in [0.2, 0.25) is 0 Å². The second-order valence-corrected chi connectivity index (χ2v) is 4.97. The molecule has 0 atom stereocenters. The molecule has 1 amide bonds. The third-order valence-corrected chi connectivity index (χ3v) is 3.05. The fourth-order valence-electron chi connectivity index (χ4n) is 1.64. The number of nitrogens with one attached hydrogen (secondary N) is 2. The Hall–Kier alpha value is -2.28. The molecule has 2 aromatic rings. The van der Waals surface area contributed by atoms with Gasteiger partial charge in [0.15, 0.2) is 11.5 Å². The Morgan fingerprint density at radius 3 is 3.05 bits per heavy atom. The van der Waals surface area contributed by atoms with Gasteiger partial charge in [0.1, 0.15) is 5.69 Å². The molecule has 0 unspecified atom stereocenters. The van der Waals surface area contributed by atoms with Gasteiger partial charge < -0.3 is 14.8 Å². The monoisotopic (exact) mass is 351 g/mol. The second-order valence-electron chi connectivity index (χ2n) is 4.06. The molecule has 1 aromatic carbocycles. The van der Waals surface area contributed by atoms with Crippen LogP contribution in [0.25, 0.3) is 0 Å². The van der Waals surface area contributed by atoms with Crippen LogP contribution in [0.2, 0.25) is 0 Å². The smallest absolute Gasteiger partial charge is 0.287 e. The summed E-state index contributed by atoms with van der Waals surface area (Å²) >= 11 is 3.24. The van der Waals surface area contributed by atoms with Crippen molar-refractivity contribution in [1.29, 1.82) is 0 Å². The number of aromatic hydroxyl groups is 1. The number of hydrogen-bond donors (Lipinski definition) is 3. The predicted molar refractivity (Wildman–Crippen MR) is 82.8 cm³/mol. The fourth-order valence-corrected chi connectivity index (χ4v) is 1.98. The maximum atomic E-state index is 11.7. The van der Waals surface area contributed by atoms with E-state index < -0.39 is 0 Å². The number of amides is 1. The van der Waals surface area contributed by atoms with Gasteiger partial charge in [-0.15, -0.1) is 0 Å². The van der Waals surface area contributed by atoms with Gasteiger partial charge in [0.25, 0.3) is 5.91 Å². The number of halogens is 1. The number of ether oxygens (including phenoxy) is 1. The van der Waals surface area contributed by atoms with E-state index in [0.717, 1.165) is 4.47 Å². The first-order chi connectivity index (χ1) is 10.1. The zero-order chi connectivity index (χ0) is 15.2. The van der Waals surface area contributed by atoms with E-state index in [-0.39, 0.29) is 11.7 Å². The van der Waals surface area contributed by atoms with E-state index in [0.29, 0.717) is 23.6 Å². The maximum absolute atomic E-state index is 11.7. The average molecular weight is 352 g/mol. The van der Waals surface area contributed by atoms with Gasteiger partial charge in [-0.25, -0.2) is 5.43 Å². The largest absolute Gasteiger partial charge is 0.504 e. The Labute approximate surface area is 130 Å². The highest BCUT2D eigenvalue weighted by molar-refractivity contribution is 9.10. The van der Waals surface area contributed by atoms with E-state index in [1.54, 1.807) is 30.5 Å². The minimum Gasteiger partial charge on any atom is -0.504 e. The van der Waals surface area contributed by atoms with Crippen LogP contribution in [0.5, 0.6) is 11.5 Å². The normalized spacial score (nSPS) is 10.8. The fraction of sp³-hybridized carbons (Fsp3) is 0.143. The van der Waals surface area contributed by atoms with Gasteiger partial charge >= 0.3 is 0 Å². The molecular weight excluding hydrogens is 338 g/mol. The predicted octanol–water partition coefficient (Wildman–Crippen LogP) is 2.65. The van der Waals surface area contributed by atoms with Crippen LogP contribution in [0, 0.1) is 0 Å². The zero-order valence-electron chi connectivity index (χ0n) is 11.3. The molecule has 1 aromatic heterocycles. The molecule has 0 spiro atoms. The molecule has 7 heteroatoms. The number of phenols is 1. The molecule has 0 fully saturated rings. The third-order valence-electron chi connectivity index (χ3n) is 2.59. The van der Waals surface area contributed by atoms with Crippen molar-refractivity contribution in [2.75, 3.05) is 6.61 Å². The van der Waals surface area contributed by atoms with E-state index in [9.17, 15) is 9.90 Å². The minimum atomic E-state index is -0.377. The summed E-state index contributed by atoms with van der Waals surface area (Å²) in [6.07, 6.45) is 3.00. The van der Waals surface area contributed by atoms with E-state index in [1.807, 2.05) is 6.92 Å². The van der Waals surface area contributed by atoms with Crippen LogP contribution in [0.1, 0.15) is 23.0 Å². The summed E-state index contributed by atoms with van der Waals surface area (Å²) in [7, 11) is 0. The molecule has 0 radical (unpaired) electrons. The van der Waals surface area contributed by atoms with Crippen LogP contribution in [-0.2, 0) is 0 Å². The number of carbonyl (C=O) groups excluding carboxylic acids is 1. The van der Waals surface area contributed by atoms with Crippen molar-refractivity contribution in [2.24, 2.45) is 5.10 Å². The molecule has 1 heterocycles. The van der Waals surface area contributed by atoms with Gasteiger partial charge in [-0.05, 0) is 41.1 Å². The molecule has 0 aliphatic heterocycles. The lowest BCUT2D eigenvalue weighted by molar-refractivity contribution is 0.0950. The van der Waals surface area contributed by atoms with Gasteiger partial charge in [-0.1, -0.05) is 6.07 Å². The Bertz CT molecular complexity index is 667. The van der Waals surface area contributed by atoms with Gasteiger partial charge in [0, 0.05) is 16.2 Å². The van der Waals surface area contributed by atoms with Crippen LogP contribution in [0.15, 0.2) is 40.0 Å². The van der Waals surface area contributed by atoms with Gasteiger partial charge in [-0.3, -0.25) is 4.79 Å². The number of phenolic OH excluding ortho intramolecular Hbond substituents is 1. The lowest BCUT2D eigenvalue weighted by Crippen LogP contribution is -2.17. The summed E-state index contributed by atoms with van der Waals surface area (Å²) in [5.41, 5.74) is 3.20. The summed E-state index contributed by atoms with van der Waals surface area (Å²) in [5, 5.41) is 13.8. The number of carbonyl (C=O) groups is 1. The van der Waals surface area contributed by atoms with E-state index in [4.69, 9.17) is 4.74 Å². The molecule has 0 saturated heterocycles. The Kier molecular flexibility index (Phi) is 4.99. The highest BCUT2D eigenvalue weighted by Gasteiger charge is 2.08. The molecule has 3 N–H and O–H groups in total. The Morgan fingerprint density at radius 2 is 2.38 bits per heavy atom. The van der Waals surface area contributed by atoms with E-state index in [2.05, 4.69) is 31.4 Å². The standard InChI is InChI=1S/C14H14BrN3O3/c1-2-21-12-5-3-4-9(13(12)19)7-17-18-14(20)11-6-10(15)8-16-11/h3-8,16,19H,2H2,1H3,(H,18,20)/b17-7+. The van der Waals surface area contributed by atoms with Gasteiger partial charge in [-0.2, -0.15) is 5.10 Å². The first kappa shape index (κ1) is 15.1. The molecule has 0 aliphatic rings. The summed E-state index contributed by atoms with van der Waals surface area (Å²) in [4.78, 5) is 14.5. The van der Waals surface area contributed by atoms with Crippen LogP contribution in [-0.4, -0.2) is 28.8 Å². The van der Waals surface area contributed by atoms with Crippen molar-refractivity contribution in [3.63, 3.8) is 0 Å². The van der Waals surface area contributed by atoms with Crippen molar-refractivity contribution in [3.05, 3.63) is 46.2 Å². The van der Waals surface area contributed by atoms with Crippen molar-refractivity contribution in [3.8, 4) is 11.5 Å². The summed E-state index contributed by atoms with van der Waals surface area (Å²) in [6, 6.07) is 6.69. The minimum absolute atomic E-state index is 0.0139. The quantitative estimate of drug-likeness (QED) is 0.571. The van der Waals surface area contributed by atoms with Crippen molar-refractivity contribution < 1.29 is 14.6 Å². The average Bonchev–Trinajstić information content (AvgIpc) is 2.89. The number of para-hydroxylation sites is 1. The Morgan fingerprint density at radius 1 is 1.57 bits per heavy atom. The highest BCUT2D eigenvalue weighted by atomic mass is 79.9. The van der Waals surface area contributed by atoms with Crippen molar-refractivity contribution in [2.45, 2.75) is 6.92 Å². The SMILES string of the molecule is CCOc1cccc(/C=N/NC(=O)c2cc(Br)c[nH]2)c1O. The number of aromatic nitrogens is 1. The topological polar surface area (TPSA) is 86.7 Å². The first-order valence-corrected chi connectivity index (χ1v) is 7.03. The zero-order valence-corrected chi connectivity index (χ0v) is 12.8. The third kappa shape index (κ3) is 3.85. The van der Waals surface area contributed by atoms with Crippen LogP contribution >= 0.6 is 15.9 Å². The first-order valence-electron chi connectivity index (χ1n) is 6.24. The summed E-state index contributed by atoms with van der Waals surface area (Å²) in [5.74, 6) is -0.0153. The lowest BCUT2D eigenvalue weighted by Gasteiger charge is -2.07. The van der Waals surface area contributed by atoms with E-state index >= 15 is 0 Å². The number of aromatic amines is 1. The second kappa shape index (κ2) is 6.94. The Balaban J connectivity index is 2.04. The summed E-state index contributed by atoms with van der Waals surface area (Å²) < 4.78 is 6.04. The number of nitrogens with zero attached hydrogens (tertiary/aromatic N) is 1. The number of hydrogen-bond acceptors (Lipinski definition) is 4. The number of hydrazone groups is 1. The van der Waals surface area contributed by atoms with Crippen LogP contribution < -0.4 is 10.2 Å². The van der Waals surface area contributed by atoms with Crippen LogP contribution in [0.4, 0.5) is 0 Å². The molecule has 0 aliphatic carbocycles. The molecule has 0 bridgehead atoms. The van der Waals surface area contributed by atoms with Crippen molar-refractivity contribution >= 4 is 28.1 Å². The number of H-pyrrole nitrogens is 1. The molecule has 0 saturated carbocycles. The summed E-state index contributed by atoms with van der Waals surface area (Å²) in [6.45, 7) is 2.28. The molecular formula is C14H14BrN3O3. The molecule has 2 rings (SSSR count). The highest BCUT2D eigenvalue weighted by Crippen LogP contribution is 2.28. The molecule has 21 heavy (non-hydrogen) atoms. The van der Waals surface area contributed by atoms with Crippen molar-refractivity contribution in [1.82, 2.24) is 10.4 Å². The van der Waals surface area contributed by atoms with Crippen LogP contribution in [0.3, 0.4) is 0 Å². The lowest BCUT2D eigenvalue weighted by atomic mass is 10.2. The number of benzene rings is 1. The molecule has 110 valence electrons. The molecule has 6 nitrogen and oxygen atoms in total. The van der Waals surface area contributed by atoms with Gasteiger partial charge in [0.05, 0.1) is 12.8 Å².